The summed E-state index contributed by atoms with van der Waals surface area (Å²) >= 11 is 0. The first-order valence-electron chi connectivity index (χ1n) is 10.3. The molecule has 3 heterocycles. The Balaban J connectivity index is 1.63. The van der Waals surface area contributed by atoms with Crippen LogP contribution >= 0.6 is 0 Å². The third kappa shape index (κ3) is 4.26. The minimum Gasteiger partial charge on any atom is -0.359 e. The van der Waals surface area contributed by atoms with Crippen LogP contribution in [-0.4, -0.2) is 40.3 Å². The van der Waals surface area contributed by atoms with Gasteiger partial charge >= 0.3 is 0 Å². The molecule has 0 saturated carbocycles. The third-order valence-corrected chi connectivity index (χ3v) is 5.54. The maximum Gasteiger partial charge on any atom is 0.255 e. The fourth-order valence-corrected chi connectivity index (χ4v) is 3.89. The van der Waals surface area contributed by atoms with E-state index < -0.39 is 0 Å². The van der Waals surface area contributed by atoms with E-state index in [1.54, 1.807) is 41.5 Å². The minimum atomic E-state index is -0.149. The fourth-order valence-electron chi connectivity index (χ4n) is 3.89. The van der Waals surface area contributed by atoms with Crippen molar-refractivity contribution < 1.29 is 9.59 Å². The van der Waals surface area contributed by atoms with Crippen molar-refractivity contribution in [3.63, 3.8) is 0 Å². The Morgan fingerprint density at radius 2 is 2.00 bits per heavy atom. The molecule has 1 atom stereocenters. The highest BCUT2D eigenvalue weighted by Gasteiger charge is 2.28. The van der Waals surface area contributed by atoms with Crippen molar-refractivity contribution in [1.82, 2.24) is 14.9 Å². The molecule has 0 aliphatic carbocycles. The van der Waals surface area contributed by atoms with Gasteiger partial charge < -0.3 is 15.1 Å². The number of aromatic nitrogens is 2. The van der Waals surface area contributed by atoms with Crippen LogP contribution in [0.25, 0.3) is 0 Å². The first-order chi connectivity index (χ1) is 15.1. The number of rotatable bonds is 6. The SMILES string of the molecule is CCC(c1cccnc1)N(C)C(=O)c1cnc2c(c1)N(Cc1ccccc1)C(=O)CN2. The molecule has 1 N–H and O–H groups in total. The number of nitrogens with one attached hydrogen (secondary N) is 1. The number of benzene rings is 1. The summed E-state index contributed by atoms with van der Waals surface area (Å²) in [6.07, 6.45) is 5.83. The first kappa shape index (κ1) is 20.5. The smallest absolute Gasteiger partial charge is 0.255 e. The molecule has 1 aromatic carbocycles. The van der Waals surface area contributed by atoms with E-state index in [0.29, 0.717) is 23.6 Å². The second-order valence-electron chi connectivity index (χ2n) is 7.54. The number of carbonyl (C=O) groups is 2. The van der Waals surface area contributed by atoms with Gasteiger partial charge in [0, 0.05) is 25.6 Å². The normalized spacial score (nSPS) is 13.9. The molecule has 1 unspecified atom stereocenters. The van der Waals surface area contributed by atoms with Crippen molar-refractivity contribution in [3.8, 4) is 0 Å². The van der Waals surface area contributed by atoms with Crippen LogP contribution in [0, 0.1) is 0 Å². The number of hydrogen-bond acceptors (Lipinski definition) is 5. The van der Waals surface area contributed by atoms with Gasteiger partial charge in [-0.15, -0.1) is 0 Å². The van der Waals surface area contributed by atoms with Crippen LogP contribution < -0.4 is 10.2 Å². The lowest BCUT2D eigenvalue weighted by molar-refractivity contribution is -0.117. The van der Waals surface area contributed by atoms with E-state index in [4.69, 9.17) is 0 Å². The van der Waals surface area contributed by atoms with Crippen LogP contribution in [0.4, 0.5) is 11.5 Å². The van der Waals surface area contributed by atoms with Crippen molar-refractivity contribution in [2.75, 3.05) is 23.8 Å². The lowest BCUT2D eigenvalue weighted by atomic mass is 10.0. The zero-order valence-electron chi connectivity index (χ0n) is 17.7. The summed E-state index contributed by atoms with van der Waals surface area (Å²) in [7, 11) is 1.79. The van der Waals surface area contributed by atoms with Gasteiger partial charge in [-0.25, -0.2) is 4.98 Å². The molecule has 7 nitrogen and oxygen atoms in total. The highest BCUT2D eigenvalue weighted by Crippen LogP contribution is 2.31. The highest BCUT2D eigenvalue weighted by atomic mass is 16.2. The minimum absolute atomic E-state index is 0.0575. The van der Waals surface area contributed by atoms with Crippen LogP contribution in [-0.2, 0) is 11.3 Å². The summed E-state index contributed by atoms with van der Waals surface area (Å²) in [5.41, 5.74) is 3.06. The van der Waals surface area contributed by atoms with Crippen LogP contribution in [0.5, 0.6) is 0 Å². The molecule has 2 amide bonds. The van der Waals surface area contributed by atoms with Crippen molar-refractivity contribution in [2.24, 2.45) is 0 Å². The highest BCUT2D eigenvalue weighted by molar-refractivity contribution is 6.04. The van der Waals surface area contributed by atoms with E-state index >= 15 is 0 Å². The molecule has 0 saturated heterocycles. The Morgan fingerprint density at radius 3 is 2.71 bits per heavy atom. The molecular weight excluding hydrogens is 390 g/mol. The maximum atomic E-state index is 13.3. The van der Waals surface area contributed by atoms with Gasteiger partial charge in [0.1, 0.15) is 0 Å². The van der Waals surface area contributed by atoms with Crippen LogP contribution in [0.15, 0.2) is 67.1 Å². The lowest BCUT2D eigenvalue weighted by Gasteiger charge is -2.31. The van der Waals surface area contributed by atoms with E-state index in [2.05, 4.69) is 15.3 Å². The monoisotopic (exact) mass is 415 g/mol. The molecule has 4 rings (SSSR count). The summed E-state index contributed by atoms with van der Waals surface area (Å²) in [5.74, 6) is 0.399. The summed E-state index contributed by atoms with van der Waals surface area (Å²) < 4.78 is 0. The van der Waals surface area contributed by atoms with E-state index in [0.717, 1.165) is 17.5 Å². The standard InChI is InChI=1S/C24H25N5O2/c1-3-20(18-10-7-11-25-13-18)28(2)24(31)19-12-21-23(26-14-19)27-15-22(30)29(21)16-17-8-5-4-6-9-17/h4-14,20H,3,15-16H2,1-2H3,(H,26,27). The second kappa shape index (κ2) is 8.95. The Labute approximate surface area is 181 Å². The Morgan fingerprint density at radius 1 is 1.19 bits per heavy atom. The number of amides is 2. The molecule has 2 aromatic heterocycles. The topological polar surface area (TPSA) is 78.4 Å². The summed E-state index contributed by atoms with van der Waals surface area (Å²) in [4.78, 5) is 38.0. The van der Waals surface area contributed by atoms with Gasteiger partial charge in [0.05, 0.1) is 30.4 Å². The van der Waals surface area contributed by atoms with Gasteiger partial charge in [-0.2, -0.15) is 0 Å². The largest absolute Gasteiger partial charge is 0.359 e. The quantitative estimate of drug-likeness (QED) is 0.665. The number of nitrogens with zero attached hydrogens (tertiary/aromatic N) is 4. The van der Waals surface area contributed by atoms with Crippen molar-refractivity contribution in [2.45, 2.75) is 25.9 Å². The van der Waals surface area contributed by atoms with Gasteiger partial charge in [-0.1, -0.05) is 43.3 Å². The van der Waals surface area contributed by atoms with Crippen molar-refractivity contribution in [1.29, 1.82) is 0 Å². The third-order valence-electron chi connectivity index (χ3n) is 5.54. The van der Waals surface area contributed by atoms with Crippen LogP contribution in [0.3, 0.4) is 0 Å². The van der Waals surface area contributed by atoms with E-state index in [1.807, 2.05) is 49.4 Å². The summed E-state index contributed by atoms with van der Waals surface area (Å²) in [6, 6.07) is 15.3. The van der Waals surface area contributed by atoms with E-state index in [9.17, 15) is 9.59 Å². The van der Waals surface area contributed by atoms with E-state index in [-0.39, 0.29) is 24.4 Å². The summed E-state index contributed by atoms with van der Waals surface area (Å²) in [6.45, 7) is 2.65. The summed E-state index contributed by atoms with van der Waals surface area (Å²) in [5, 5.41) is 3.05. The number of anilines is 2. The molecule has 0 spiro atoms. The average molecular weight is 415 g/mol. The molecular formula is C24H25N5O2. The van der Waals surface area contributed by atoms with Gasteiger partial charge in [-0.3, -0.25) is 14.6 Å². The van der Waals surface area contributed by atoms with Gasteiger partial charge in [0.25, 0.3) is 5.91 Å². The van der Waals surface area contributed by atoms with Gasteiger partial charge in [0.2, 0.25) is 5.91 Å². The zero-order valence-corrected chi connectivity index (χ0v) is 17.7. The number of hydrogen-bond donors (Lipinski definition) is 1. The van der Waals surface area contributed by atoms with Crippen LogP contribution in [0.2, 0.25) is 0 Å². The molecule has 3 aromatic rings. The molecule has 7 heteroatoms. The second-order valence-corrected chi connectivity index (χ2v) is 7.54. The molecule has 158 valence electrons. The fraction of sp³-hybridized carbons (Fsp3) is 0.250. The van der Waals surface area contributed by atoms with Crippen LogP contribution in [0.1, 0.15) is 40.9 Å². The van der Waals surface area contributed by atoms with Crippen molar-refractivity contribution in [3.05, 3.63) is 83.8 Å². The molecule has 0 bridgehead atoms. The number of fused-ring (bicyclic) bond motifs is 1. The Bertz CT molecular complexity index is 1070. The molecule has 0 fully saturated rings. The molecule has 0 radical (unpaired) electrons. The molecule has 31 heavy (non-hydrogen) atoms. The Kier molecular flexibility index (Phi) is 5.93. The zero-order chi connectivity index (χ0) is 21.8. The number of pyridine rings is 2. The number of carbonyl (C=O) groups excluding carboxylic acids is 2. The lowest BCUT2D eigenvalue weighted by Crippen LogP contribution is -2.40. The molecule has 1 aliphatic rings. The predicted octanol–water partition coefficient (Wildman–Crippen LogP) is 3.66. The van der Waals surface area contributed by atoms with Crippen molar-refractivity contribution >= 4 is 23.3 Å². The first-order valence-corrected chi connectivity index (χ1v) is 10.3. The molecule has 1 aliphatic heterocycles. The van der Waals surface area contributed by atoms with Gasteiger partial charge in [0.15, 0.2) is 5.82 Å². The maximum absolute atomic E-state index is 13.3. The average Bonchev–Trinajstić information content (AvgIpc) is 2.82. The predicted molar refractivity (Wildman–Crippen MR) is 120 cm³/mol. The Hall–Kier alpha value is -3.74. The van der Waals surface area contributed by atoms with Gasteiger partial charge in [-0.05, 0) is 29.7 Å². The van der Waals surface area contributed by atoms with E-state index in [1.165, 1.54) is 0 Å².